The number of aromatic nitrogens is 4. The summed E-state index contributed by atoms with van der Waals surface area (Å²) in [5.74, 6) is -0.379. The molecule has 10 heteroatoms. The van der Waals surface area contributed by atoms with Crippen LogP contribution in [0.25, 0.3) is 16.9 Å². The number of para-hydroxylation sites is 1. The summed E-state index contributed by atoms with van der Waals surface area (Å²) >= 11 is 0. The number of alkyl halides is 3. The molecule has 0 fully saturated rings. The number of H-pyrrole nitrogens is 1. The topological polar surface area (TPSA) is 92.7 Å². The van der Waals surface area contributed by atoms with Crippen molar-refractivity contribution in [2.75, 3.05) is 0 Å². The molecule has 174 valence electrons. The Balaban J connectivity index is 1.63. The number of aryl methyl sites for hydroxylation is 1. The Morgan fingerprint density at radius 2 is 1.76 bits per heavy atom. The summed E-state index contributed by atoms with van der Waals surface area (Å²) in [4.78, 5) is 32.7. The van der Waals surface area contributed by atoms with Crippen LogP contribution in [0.1, 0.15) is 40.5 Å². The zero-order chi connectivity index (χ0) is 24.5. The smallest absolute Gasteiger partial charge is 0.341 e. The van der Waals surface area contributed by atoms with E-state index in [0.29, 0.717) is 5.82 Å². The number of nitrogens with one attached hydrogen (secondary N) is 2. The minimum absolute atomic E-state index is 0.157. The lowest BCUT2D eigenvalue weighted by molar-refractivity contribution is -0.137. The average Bonchev–Trinajstić information content (AvgIpc) is 3.30. The first-order valence-electron chi connectivity index (χ1n) is 10.3. The molecular formula is C24H20F3N5O2. The molecular weight excluding hydrogens is 447 g/mol. The maximum absolute atomic E-state index is 13.5. The first kappa shape index (κ1) is 23.0. The van der Waals surface area contributed by atoms with Crippen molar-refractivity contribution in [3.63, 3.8) is 0 Å². The number of rotatable bonds is 5. The molecule has 0 aliphatic heterocycles. The largest absolute Gasteiger partial charge is 0.418 e. The minimum atomic E-state index is -4.64. The van der Waals surface area contributed by atoms with Crippen molar-refractivity contribution in [2.24, 2.45) is 0 Å². The van der Waals surface area contributed by atoms with Crippen molar-refractivity contribution in [2.45, 2.75) is 26.1 Å². The van der Waals surface area contributed by atoms with Crippen molar-refractivity contribution in [3.05, 3.63) is 99.9 Å². The summed E-state index contributed by atoms with van der Waals surface area (Å²) in [5.41, 5.74) is -0.630. The van der Waals surface area contributed by atoms with Gasteiger partial charge in [-0.15, -0.1) is 0 Å². The van der Waals surface area contributed by atoms with Gasteiger partial charge in [0, 0.05) is 11.8 Å². The third-order valence-corrected chi connectivity index (χ3v) is 5.20. The lowest BCUT2D eigenvalue weighted by Crippen LogP contribution is -2.34. The first-order chi connectivity index (χ1) is 16.1. The molecule has 2 N–H and O–H groups in total. The molecule has 4 rings (SSSR count). The molecule has 0 aliphatic carbocycles. The van der Waals surface area contributed by atoms with E-state index >= 15 is 0 Å². The van der Waals surface area contributed by atoms with Crippen LogP contribution in [0.5, 0.6) is 0 Å². The predicted molar refractivity (Wildman–Crippen MR) is 119 cm³/mol. The second kappa shape index (κ2) is 8.97. The van der Waals surface area contributed by atoms with Gasteiger partial charge in [0.05, 0.1) is 29.2 Å². The SMILES string of the molecule is Cc1cc(=O)c(C(=O)NC(C)c2ncc(-c3ccccc3)[nH]2)nn1-c1ccccc1C(F)(F)F. The molecule has 0 spiro atoms. The number of imidazole rings is 1. The molecule has 1 unspecified atom stereocenters. The van der Waals surface area contributed by atoms with Crippen LogP contribution in [-0.4, -0.2) is 25.7 Å². The van der Waals surface area contributed by atoms with E-state index in [1.165, 1.54) is 25.1 Å². The second-order valence-electron chi connectivity index (χ2n) is 7.67. The summed E-state index contributed by atoms with van der Waals surface area (Å²) < 4.78 is 41.4. The van der Waals surface area contributed by atoms with Crippen LogP contribution in [0, 0.1) is 6.92 Å². The van der Waals surface area contributed by atoms with Gasteiger partial charge >= 0.3 is 6.18 Å². The highest BCUT2D eigenvalue weighted by Gasteiger charge is 2.34. The van der Waals surface area contributed by atoms with Crippen molar-refractivity contribution < 1.29 is 18.0 Å². The molecule has 0 radical (unpaired) electrons. The molecule has 34 heavy (non-hydrogen) atoms. The van der Waals surface area contributed by atoms with Crippen LogP contribution in [0.2, 0.25) is 0 Å². The Kier molecular flexibility index (Phi) is 6.06. The maximum atomic E-state index is 13.5. The fourth-order valence-corrected chi connectivity index (χ4v) is 3.50. The van der Waals surface area contributed by atoms with E-state index < -0.39 is 34.8 Å². The number of aromatic amines is 1. The van der Waals surface area contributed by atoms with Gasteiger partial charge in [0.1, 0.15) is 5.82 Å². The van der Waals surface area contributed by atoms with Gasteiger partial charge in [-0.25, -0.2) is 9.67 Å². The molecule has 1 amide bonds. The molecule has 0 bridgehead atoms. The van der Waals surface area contributed by atoms with E-state index in [9.17, 15) is 22.8 Å². The summed E-state index contributed by atoms with van der Waals surface area (Å²) in [7, 11) is 0. The number of halogens is 3. The number of amides is 1. The predicted octanol–water partition coefficient (Wildman–Crippen LogP) is 4.44. The summed E-state index contributed by atoms with van der Waals surface area (Å²) in [6.45, 7) is 3.11. The van der Waals surface area contributed by atoms with Crippen LogP contribution in [0.3, 0.4) is 0 Å². The first-order valence-corrected chi connectivity index (χ1v) is 10.3. The van der Waals surface area contributed by atoms with Crippen molar-refractivity contribution >= 4 is 5.91 Å². The normalized spacial score (nSPS) is 12.4. The van der Waals surface area contributed by atoms with Gasteiger partial charge < -0.3 is 10.3 Å². The maximum Gasteiger partial charge on any atom is 0.418 e. The van der Waals surface area contributed by atoms with Gasteiger partial charge in [-0.2, -0.15) is 18.3 Å². The molecule has 7 nitrogen and oxygen atoms in total. The minimum Gasteiger partial charge on any atom is -0.341 e. The fraction of sp³-hybridized carbons (Fsp3) is 0.167. The number of carbonyl (C=O) groups excluding carboxylic acids is 1. The van der Waals surface area contributed by atoms with Gasteiger partial charge in [-0.05, 0) is 31.5 Å². The van der Waals surface area contributed by atoms with Crippen LogP contribution in [-0.2, 0) is 6.18 Å². The van der Waals surface area contributed by atoms with Gasteiger partial charge in [0.25, 0.3) is 5.91 Å². The van der Waals surface area contributed by atoms with Crippen LogP contribution in [0.4, 0.5) is 13.2 Å². The van der Waals surface area contributed by atoms with E-state index in [4.69, 9.17) is 0 Å². The Morgan fingerprint density at radius 3 is 2.47 bits per heavy atom. The van der Waals surface area contributed by atoms with E-state index in [2.05, 4.69) is 20.4 Å². The van der Waals surface area contributed by atoms with Crippen molar-refractivity contribution in [1.82, 2.24) is 25.1 Å². The number of hydrogen-bond donors (Lipinski definition) is 2. The molecule has 2 aromatic carbocycles. The molecule has 4 aromatic rings. The zero-order valence-electron chi connectivity index (χ0n) is 18.2. The highest BCUT2D eigenvalue weighted by Crippen LogP contribution is 2.33. The van der Waals surface area contributed by atoms with Gasteiger partial charge in [-0.1, -0.05) is 42.5 Å². The van der Waals surface area contributed by atoms with Crippen LogP contribution >= 0.6 is 0 Å². The average molecular weight is 467 g/mol. The number of nitrogens with zero attached hydrogens (tertiary/aromatic N) is 3. The molecule has 1 atom stereocenters. The molecule has 2 heterocycles. The molecule has 0 aliphatic rings. The monoisotopic (exact) mass is 467 g/mol. The van der Waals surface area contributed by atoms with Crippen LogP contribution < -0.4 is 10.7 Å². The molecule has 0 saturated heterocycles. The Bertz CT molecular complexity index is 1390. The molecule has 0 saturated carbocycles. The number of benzene rings is 2. The standard InChI is InChI=1S/C24H20F3N5O2/c1-14-12-20(33)21(31-32(14)19-11-7-6-10-17(19)24(25,26)27)23(34)29-15(2)22-28-13-18(30-22)16-8-4-3-5-9-16/h3-13,15H,1-2H3,(H,28,30)(H,29,34). The third kappa shape index (κ3) is 4.61. The lowest BCUT2D eigenvalue weighted by Gasteiger charge is -2.17. The fourth-order valence-electron chi connectivity index (χ4n) is 3.50. The highest BCUT2D eigenvalue weighted by molar-refractivity contribution is 5.92. The van der Waals surface area contributed by atoms with Crippen molar-refractivity contribution in [3.8, 4) is 16.9 Å². The van der Waals surface area contributed by atoms with Gasteiger partial charge in [0.2, 0.25) is 5.43 Å². The quantitative estimate of drug-likeness (QED) is 0.454. The summed E-state index contributed by atoms with van der Waals surface area (Å²) in [5, 5.41) is 6.61. The third-order valence-electron chi connectivity index (χ3n) is 5.20. The van der Waals surface area contributed by atoms with E-state index in [1.807, 2.05) is 30.3 Å². The molecule has 2 aromatic heterocycles. The second-order valence-corrected chi connectivity index (χ2v) is 7.67. The van der Waals surface area contributed by atoms with Gasteiger partial charge in [-0.3, -0.25) is 9.59 Å². The zero-order valence-corrected chi connectivity index (χ0v) is 18.2. The van der Waals surface area contributed by atoms with E-state index in [0.717, 1.165) is 28.1 Å². The van der Waals surface area contributed by atoms with Crippen molar-refractivity contribution in [1.29, 1.82) is 0 Å². The number of carbonyl (C=O) groups is 1. The highest BCUT2D eigenvalue weighted by atomic mass is 19.4. The van der Waals surface area contributed by atoms with E-state index in [1.54, 1.807) is 13.1 Å². The van der Waals surface area contributed by atoms with Crippen LogP contribution in [0.15, 0.2) is 71.7 Å². The van der Waals surface area contributed by atoms with E-state index in [-0.39, 0.29) is 11.4 Å². The summed E-state index contributed by atoms with van der Waals surface area (Å²) in [6.07, 6.45) is -3.01. The Hall–Kier alpha value is -4.21. The Labute approximate surface area is 192 Å². The Morgan fingerprint density at radius 1 is 1.09 bits per heavy atom. The summed E-state index contributed by atoms with van der Waals surface area (Å²) in [6, 6.07) is 14.7. The lowest BCUT2D eigenvalue weighted by atomic mass is 10.1. The van der Waals surface area contributed by atoms with Gasteiger partial charge in [0.15, 0.2) is 5.69 Å². The number of hydrogen-bond acceptors (Lipinski definition) is 4.